The molecule has 0 bridgehead atoms. The van der Waals surface area contributed by atoms with E-state index in [0.717, 1.165) is 0 Å². The van der Waals surface area contributed by atoms with Crippen molar-refractivity contribution < 1.29 is 26.4 Å². The van der Waals surface area contributed by atoms with Gasteiger partial charge < -0.3 is 4.90 Å². The number of halogens is 3. The van der Waals surface area contributed by atoms with E-state index < -0.39 is 38.5 Å². The molecule has 24 heavy (non-hydrogen) atoms. The van der Waals surface area contributed by atoms with Crippen LogP contribution in [-0.4, -0.2) is 73.0 Å². The summed E-state index contributed by atoms with van der Waals surface area (Å²) in [5, 5.41) is -0.456. The summed E-state index contributed by atoms with van der Waals surface area (Å²) in [4.78, 5) is 15.5. The van der Waals surface area contributed by atoms with Crippen molar-refractivity contribution in [1.29, 1.82) is 0 Å². The van der Waals surface area contributed by atoms with Crippen molar-refractivity contribution in [3.8, 4) is 0 Å². The molecule has 1 atom stereocenters. The molecule has 0 N–H and O–H groups in total. The van der Waals surface area contributed by atoms with Gasteiger partial charge in [0.05, 0.1) is 11.8 Å². The van der Waals surface area contributed by atoms with Crippen LogP contribution in [0.15, 0.2) is 0 Å². The van der Waals surface area contributed by atoms with Gasteiger partial charge in [-0.1, -0.05) is 6.92 Å². The van der Waals surface area contributed by atoms with Crippen molar-refractivity contribution in [1.82, 2.24) is 9.80 Å². The van der Waals surface area contributed by atoms with Crippen LogP contribution in [0.25, 0.3) is 0 Å². The first-order valence-electron chi connectivity index (χ1n) is 8.16. The maximum Gasteiger partial charge on any atom is 0.401 e. The molecular weight excluding hydrogens is 345 g/mol. The minimum absolute atomic E-state index is 0.0924. The summed E-state index contributed by atoms with van der Waals surface area (Å²) in [5.41, 5.74) is 0. The summed E-state index contributed by atoms with van der Waals surface area (Å²) in [6, 6.07) is 0. The van der Waals surface area contributed by atoms with Crippen molar-refractivity contribution >= 4 is 15.7 Å². The van der Waals surface area contributed by atoms with Gasteiger partial charge in [0.25, 0.3) is 0 Å². The number of nitrogens with zero attached hydrogens (tertiary/aromatic N) is 2. The molecule has 0 aromatic rings. The first kappa shape index (κ1) is 19.5. The van der Waals surface area contributed by atoms with Gasteiger partial charge in [-0.15, -0.1) is 0 Å². The van der Waals surface area contributed by atoms with Gasteiger partial charge in [-0.25, -0.2) is 8.42 Å². The van der Waals surface area contributed by atoms with E-state index in [2.05, 4.69) is 0 Å². The fourth-order valence-corrected chi connectivity index (χ4v) is 5.16. The fraction of sp³-hybridized carbons (Fsp3) is 0.933. The van der Waals surface area contributed by atoms with Gasteiger partial charge in [-0.05, 0) is 32.6 Å². The number of carbonyl (C=O) groups is 1. The molecule has 1 heterocycles. The molecular formula is C15H25F3N2O3S. The Morgan fingerprint density at radius 3 is 2.21 bits per heavy atom. The summed E-state index contributed by atoms with van der Waals surface area (Å²) < 4.78 is 61.3. The Balaban J connectivity index is 2.10. The van der Waals surface area contributed by atoms with Crippen LogP contribution in [-0.2, 0) is 14.6 Å². The Morgan fingerprint density at radius 2 is 1.71 bits per heavy atom. The summed E-state index contributed by atoms with van der Waals surface area (Å²) in [5.74, 6) is -0.659. The Kier molecular flexibility index (Phi) is 5.26. The molecule has 0 spiro atoms. The lowest BCUT2D eigenvalue weighted by molar-refractivity contribution is -0.146. The zero-order valence-corrected chi connectivity index (χ0v) is 15.1. The van der Waals surface area contributed by atoms with E-state index in [1.165, 1.54) is 23.6 Å². The van der Waals surface area contributed by atoms with Crippen LogP contribution in [0.1, 0.15) is 33.6 Å². The van der Waals surface area contributed by atoms with Gasteiger partial charge in [-0.3, -0.25) is 9.69 Å². The maximum absolute atomic E-state index is 12.8. The largest absolute Gasteiger partial charge is 0.401 e. The third-order valence-electron chi connectivity index (χ3n) is 4.67. The normalized spacial score (nSPS) is 24.8. The molecule has 1 saturated carbocycles. The second kappa shape index (κ2) is 6.48. The third-order valence-corrected chi connectivity index (χ3v) is 7.61. The van der Waals surface area contributed by atoms with E-state index in [-0.39, 0.29) is 32.1 Å². The molecule has 2 aliphatic rings. The zero-order chi connectivity index (χ0) is 18.3. The molecule has 0 radical (unpaired) electrons. The van der Waals surface area contributed by atoms with Gasteiger partial charge in [0.15, 0.2) is 9.84 Å². The predicted molar refractivity (Wildman–Crippen MR) is 84.3 cm³/mol. The van der Waals surface area contributed by atoms with Crippen molar-refractivity contribution in [3.63, 3.8) is 0 Å². The van der Waals surface area contributed by atoms with E-state index >= 15 is 0 Å². The highest BCUT2D eigenvalue weighted by Gasteiger charge is 2.52. The highest BCUT2D eigenvalue weighted by molar-refractivity contribution is 7.94. The smallest absolute Gasteiger partial charge is 0.340 e. The van der Waals surface area contributed by atoms with Crippen LogP contribution in [0.4, 0.5) is 13.2 Å². The summed E-state index contributed by atoms with van der Waals surface area (Å²) in [7, 11) is -3.57. The molecule has 1 amide bonds. The number of sulfone groups is 1. The number of rotatable bonds is 4. The van der Waals surface area contributed by atoms with Crippen LogP contribution >= 0.6 is 0 Å². The SMILES string of the molecule is CC1CN(CC(F)(F)F)CCN(C(=O)C(C)(C)S(=O)(=O)C2CC2)C1. The van der Waals surface area contributed by atoms with Crippen LogP contribution in [0.2, 0.25) is 0 Å². The van der Waals surface area contributed by atoms with Crippen LogP contribution in [0.5, 0.6) is 0 Å². The van der Waals surface area contributed by atoms with E-state index in [4.69, 9.17) is 0 Å². The van der Waals surface area contributed by atoms with Crippen LogP contribution in [0, 0.1) is 5.92 Å². The lowest BCUT2D eigenvalue weighted by atomic mass is 10.1. The van der Waals surface area contributed by atoms with E-state index in [1.807, 2.05) is 0 Å². The van der Waals surface area contributed by atoms with E-state index in [9.17, 15) is 26.4 Å². The molecule has 140 valence electrons. The Labute approximate surface area is 141 Å². The van der Waals surface area contributed by atoms with Gasteiger partial charge >= 0.3 is 6.18 Å². The molecule has 0 aromatic heterocycles. The van der Waals surface area contributed by atoms with Crippen molar-refractivity contribution in [2.75, 3.05) is 32.7 Å². The number of hydrogen-bond acceptors (Lipinski definition) is 4. The number of hydrogen-bond donors (Lipinski definition) is 0. The van der Waals surface area contributed by atoms with Crippen molar-refractivity contribution in [2.24, 2.45) is 5.92 Å². The monoisotopic (exact) mass is 370 g/mol. The topological polar surface area (TPSA) is 57.7 Å². The molecule has 2 fully saturated rings. The summed E-state index contributed by atoms with van der Waals surface area (Å²) >= 11 is 0. The van der Waals surface area contributed by atoms with Gasteiger partial charge in [-0.2, -0.15) is 13.2 Å². The van der Waals surface area contributed by atoms with E-state index in [1.54, 1.807) is 6.92 Å². The van der Waals surface area contributed by atoms with Gasteiger partial charge in [0.2, 0.25) is 5.91 Å². The van der Waals surface area contributed by atoms with Gasteiger partial charge in [0.1, 0.15) is 4.75 Å². The first-order chi connectivity index (χ1) is 10.8. The molecule has 9 heteroatoms. The standard InChI is InChI=1S/C15H25F3N2O3S/c1-11-8-19(10-15(16,17)18)6-7-20(9-11)13(21)14(2,3)24(22,23)12-4-5-12/h11-12H,4-10H2,1-3H3. The van der Waals surface area contributed by atoms with Crippen LogP contribution < -0.4 is 0 Å². The average Bonchev–Trinajstić information content (AvgIpc) is 3.24. The summed E-state index contributed by atoms with van der Waals surface area (Å²) in [6.07, 6.45) is -3.13. The molecule has 1 aliphatic heterocycles. The molecule has 2 rings (SSSR count). The minimum atomic E-state index is -4.28. The third kappa shape index (κ3) is 4.22. The predicted octanol–water partition coefficient (Wildman–Crippen LogP) is 1.68. The highest BCUT2D eigenvalue weighted by Crippen LogP contribution is 2.37. The van der Waals surface area contributed by atoms with Crippen LogP contribution in [0.3, 0.4) is 0 Å². The number of carbonyl (C=O) groups excluding carboxylic acids is 1. The first-order valence-corrected chi connectivity index (χ1v) is 9.71. The number of alkyl halides is 3. The average molecular weight is 370 g/mol. The number of amides is 1. The van der Waals surface area contributed by atoms with Gasteiger partial charge in [0, 0.05) is 26.2 Å². The lowest BCUT2D eigenvalue weighted by Crippen LogP contribution is -2.52. The second-order valence-electron chi connectivity index (χ2n) is 7.46. The van der Waals surface area contributed by atoms with Crippen molar-refractivity contribution in [3.05, 3.63) is 0 Å². The second-order valence-corrected chi connectivity index (χ2v) is 10.2. The molecule has 1 aliphatic carbocycles. The summed E-state index contributed by atoms with van der Waals surface area (Å²) in [6.45, 7) is 4.30. The zero-order valence-electron chi connectivity index (χ0n) is 14.3. The molecule has 0 aromatic carbocycles. The minimum Gasteiger partial charge on any atom is -0.340 e. The quantitative estimate of drug-likeness (QED) is 0.756. The Hall–Kier alpha value is -0.830. The molecule has 1 unspecified atom stereocenters. The van der Waals surface area contributed by atoms with E-state index in [0.29, 0.717) is 12.8 Å². The maximum atomic E-state index is 12.8. The van der Waals surface area contributed by atoms with Crippen molar-refractivity contribution in [2.45, 2.75) is 49.8 Å². The Morgan fingerprint density at radius 1 is 1.12 bits per heavy atom. The highest BCUT2D eigenvalue weighted by atomic mass is 32.2. The molecule has 5 nitrogen and oxygen atoms in total. The Bertz CT molecular complexity index is 585. The lowest BCUT2D eigenvalue weighted by Gasteiger charge is -2.31. The fourth-order valence-electron chi connectivity index (χ4n) is 3.20. The molecule has 1 saturated heterocycles.